The Morgan fingerprint density at radius 1 is 1.53 bits per heavy atom. The Kier molecular flexibility index (Phi) is 5.26. The molecule has 0 aromatic rings. The van der Waals surface area contributed by atoms with Gasteiger partial charge in [-0.05, 0) is 12.3 Å². The van der Waals surface area contributed by atoms with Crippen molar-refractivity contribution in [1.82, 2.24) is 4.90 Å². The van der Waals surface area contributed by atoms with Crippen LogP contribution in [0.2, 0.25) is 0 Å². The van der Waals surface area contributed by atoms with Gasteiger partial charge in [0.05, 0.1) is 6.61 Å². The van der Waals surface area contributed by atoms with Crippen molar-refractivity contribution in [3.8, 4) is 0 Å². The molecule has 0 aromatic heterocycles. The van der Waals surface area contributed by atoms with E-state index in [9.17, 15) is 4.79 Å². The molecule has 0 radical (unpaired) electrons. The molecule has 3 nitrogen and oxygen atoms in total. The van der Waals surface area contributed by atoms with Gasteiger partial charge in [-0.15, -0.1) is 0 Å². The molecule has 3 heteroatoms. The van der Waals surface area contributed by atoms with Crippen LogP contribution in [0.15, 0.2) is 0 Å². The third-order valence-electron chi connectivity index (χ3n) is 2.92. The summed E-state index contributed by atoms with van der Waals surface area (Å²) in [6.45, 7) is 7.22. The van der Waals surface area contributed by atoms with Gasteiger partial charge in [0.15, 0.2) is 0 Å². The topological polar surface area (TPSA) is 29.5 Å². The van der Waals surface area contributed by atoms with Gasteiger partial charge in [-0.1, -0.05) is 13.8 Å². The van der Waals surface area contributed by atoms with Crippen LogP contribution in [0.4, 0.5) is 0 Å². The summed E-state index contributed by atoms with van der Waals surface area (Å²) in [5.41, 5.74) is 0. The number of rotatable bonds is 6. The number of methoxy groups -OCH3 is 1. The highest BCUT2D eigenvalue weighted by Crippen LogP contribution is 2.21. The fraction of sp³-hybridized carbons (Fsp3) is 0.917. The maximum absolute atomic E-state index is 11.3. The van der Waals surface area contributed by atoms with Crippen LogP contribution in [0.3, 0.4) is 0 Å². The van der Waals surface area contributed by atoms with Crippen LogP contribution in [0.25, 0.3) is 0 Å². The molecule has 0 aliphatic heterocycles. The van der Waals surface area contributed by atoms with Gasteiger partial charge < -0.3 is 4.74 Å². The summed E-state index contributed by atoms with van der Waals surface area (Å²) < 4.78 is 5.11. The van der Waals surface area contributed by atoms with E-state index >= 15 is 0 Å². The molecule has 0 bridgehead atoms. The number of Topliss-reactive ketones (excluding diaryl/α,β-unsaturated/α-hetero) is 1. The smallest absolute Gasteiger partial charge is 0.134 e. The number of carbonyl (C=O) groups excluding carboxylic acids is 1. The zero-order valence-corrected chi connectivity index (χ0v) is 10.2. The first-order valence-electron chi connectivity index (χ1n) is 5.88. The Balaban J connectivity index is 2.43. The lowest BCUT2D eigenvalue weighted by atomic mass is 10.1. The van der Waals surface area contributed by atoms with Gasteiger partial charge in [-0.25, -0.2) is 0 Å². The van der Waals surface area contributed by atoms with Gasteiger partial charge >= 0.3 is 0 Å². The van der Waals surface area contributed by atoms with Gasteiger partial charge in [0.2, 0.25) is 0 Å². The molecule has 1 rings (SSSR count). The summed E-state index contributed by atoms with van der Waals surface area (Å²) in [4.78, 5) is 13.7. The van der Waals surface area contributed by atoms with Crippen LogP contribution in [-0.4, -0.2) is 43.5 Å². The average Bonchev–Trinajstić information content (AvgIpc) is 2.58. The molecule has 0 saturated heterocycles. The zero-order chi connectivity index (χ0) is 11.3. The van der Waals surface area contributed by atoms with Crippen molar-refractivity contribution in [1.29, 1.82) is 0 Å². The second-order valence-corrected chi connectivity index (χ2v) is 4.82. The molecule has 1 aliphatic rings. The largest absolute Gasteiger partial charge is 0.383 e. The summed E-state index contributed by atoms with van der Waals surface area (Å²) in [5.74, 6) is 1.07. The van der Waals surface area contributed by atoms with Crippen LogP contribution < -0.4 is 0 Å². The van der Waals surface area contributed by atoms with E-state index < -0.39 is 0 Å². The van der Waals surface area contributed by atoms with Gasteiger partial charge in [0, 0.05) is 39.1 Å². The SMILES string of the molecule is COCCN(CC(C)C)C1CCC(=O)C1. The van der Waals surface area contributed by atoms with E-state index in [2.05, 4.69) is 18.7 Å². The highest BCUT2D eigenvalue weighted by Gasteiger charge is 2.27. The van der Waals surface area contributed by atoms with E-state index in [4.69, 9.17) is 4.74 Å². The van der Waals surface area contributed by atoms with Crippen LogP contribution in [0, 0.1) is 5.92 Å². The molecule has 0 N–H and O–H groups in total. The van der Waals surface area contributed by atoms with Crippen molar-refractivity contribution in [2.24, 2.45) is 5.92 Å². The van der Waals surface area contributed by atoms with E-state index in [0.29, 0.717) is 17.7 Å². The van der Waals surface area contributed by atoms with Crippen molar-refractivity contribution in [3.05, 3.63) is 0 Å². The molecule has 1 atom stereocenters. The predicted molar refractivity (Wildman–Crippen MR) is 60.9 cm³/mol. The lowest BCUT2D eigenvalue weighted by molar-refractivity contribution is -0.117. The molecular formula is C12H23NO2. The maximum Gasteiger partial charge on any atom is 0.134 e. The minimum Gasteiger partial charge on any atom is -0.383 e. The second kappa shape index (κ2) is 6.23. The van der Waals surface area contributed by atoms with Crippen LogP contribution >= 0.6 is 0 Å². The van der Waals surface area contributed by atoms with Gasteiger partial charge in [-0.2, -0.15) is 0 Å². The first-order valence-corrected chi connectivity index (χ1v) is 5.88. The highest BCUT2D eigenvalue weighted by molar-refractivity contribution is 5.81. The molecular weight excluding hydrogens is 190 g/mol. The Labute approximate surface area is 92.8 Å². The van der Waals surface area contributed by atoms with Gasteiger partial charge in [-0.3, -0.25) is 9.69 Å². The minimum absolute atomic E-state index is 0.422. The molecule has 0 amide bonds. The van der Waals surface area contributed by atoms with Crippen LogP contribution in [0.1, 0.15) is 33.1 Å². The van der Waals surface area contributed by atoms with Crippen molar-refractivity contribution in [2.75, 3.05) is 26.8 Å². The molecule has 1 saturated carbocycles. The molecule has 1 unspecified atom stereocenters. The van der Waals surface area contributed by atoms with Crippen molar-refractivity contribution in [3.63, 3.8) is 0 Å². The summed E-state index contributed by atoms with van der Waals surface area (Å²) in [6, 6.07) is 0.468. The number of ketones is 1. The summed E-state index contributed by atoms with van der Waals surface area (Å²) in [7, 11) is 1.73. The van der Waals surface area contributed by atoms with Crippen molar-refractivity contribution in [2.45, 2.75) is 39.2 Å². The number of ether oxygens (including phenoxy) is 1. The van der Waals surface area contributed by atoms with Crippen molar-refractivity contribution < 1.29 is 9.53 Å². The lowest BCUT2D eigenvalue weighted by Gasteiger charge is -2.29. The monoisotopic (exact) mass is 213 g/mol. The summed E-state index contributed by atoms with van der Waals surface area (Å²) in [6.07, 6.45) is 2.55. The maximum atomic E-state index is 11.3. The molecule has 88 valence electrons. The normalized spacial score (nSPS) is 21.9. The number of hydrogen-bond donors (Lipinski definition) is 0. The molecule has 0 spiro atoms. The van der Waals surface area contributed by atoms with Gasteiger partial charge in [0.25, 0.3) is 0 Å². The average molecular weight is 213 g/mol. The fourth-order valence-corrected chi connectivity index (χ4v) is 2.21. The third-order valence-corrected chi connectivity index (χ3v) is 2.92. The molecule has 0 heterocycles. The molecule has 0 aromatic carbocycles. The van der Waals surface area contributed by atoms with Crippen LogP contribution in [-0.2, 0) is 9.53 Å². The molecule has 1 fully saturated rings. The Morgan fingerprint density at radius 3 is 2.73 bits per heavy atom. The first kappa shape index (κ1) is 12.7. The quantitative estimate of drug-likeness (QED) is 0.672. The van der Waals surface area contributed by atoms with E-state index in [1.165, 1.54) is 0 Å². The summed E-state index contributed by atoms with van der Waals surface area (Å²) in [5, 5.41) is 0. The summed E-state index contributed by atoms with van der Waals surface area (Å²) >= 11 is 0. The minimum atomic E-state index is 0.422. The highest BCUT2D eigenvalue weighted by atomic mass is 16.5. The molecule has 15 heavy (non-hydrogen) atoms. The Morgan fingerprint density at radius 2 is 2.27 bits per heavy atom. The standard InChI is InChI=1S/C12H23NO2/c1-10(2)9-13(6-7-15-3)11-4-5-12(14)8-11/h10-11H,4-9H2,1-3H3. The zero-order valence-electron chi connectivity index (χ0n) is 10.2. The van der Waals surface area contributed by atoms with Gasteiger partial charge in [0.1, 0.15) is 5.78 Å². The van der Waals surface area contributed by atoms with Crippen LogP contribution in [0.5, 0.6) is 0 Å². The number of nitrogens with zero attached hydrogens (tertiary/aromatic N) is 1. The lowest BCUT2D eigenvalue weighted by Crippen LogP contribution is -2.38. The first-order chi connectivity index (χ1) is 7.13. The van der Waals surface area contributed by atoms with E-state index in [-0.39, 0.29) is 0 Å². The Bertz CT molecular complexity index is 204. The number of hydrogen-bond acceptors (Lipinski definition) is 3. The van der Waals surface area contributed by atoms with E-state index in [1.54, 1.807) is 7.11 Å². The van der Waals surface area contributed by atoms with E-state index in [1.807, 2.05) is 0 Å². The number of carbonyl (C=O) groups is 1. The Hall–Kier alpha value is -0.410. The third kappa shape index (κ3) is 4.31. The second-order valence-electron chi connectivity index (χ2n) is 4.82. The predicted octanol–water partition coefficient (Wildman–Crippen LogP) is 1.71. The fourth-order valence-electron chi connectivity index (χ4n) is 2.21. The molecule has 1 aliphatic carbocycles. The van der Waals surface area contributed by atoms with E-state index in [0.717, 1.165) is 39.0 Å². The van der Waals surface area contributed by atoms with Crippen molar-refractivity contribution >= 4 is 5.78 Å².